The van der Waals surface area contributed by atoms with Gasteiger partial charge in [0.1, 0.15) is 6.10 Å². The second-order valence-electron chi connectivity index (χ2n) is 4.63. The summed E-state index contributed by atoms with van der Waals surface area (Å²) in [6.07, 6.45) is 1.85. The molecule has 0 radical (unpaired) electrons. The quantitative estimate of drug-likeness (QED) is 0.612. The lowest BCUT2D eigenvalue weighted by molar-refractivity contribution is 0.181. The molecule has 1 aliphatic heterocycles. The fraction of sp³-hybridized carbons (Fsp3) is 0.818. The summed E-state index contributed by atoms with van der Waals surface area (Å²) < 4.78 is 5.85. The van der Waals surface area contributed by atoms with Gasteiger partial charge in [-0.3, -0.25) is 0 Å². The highest BCUT2D eigenvalue weighted by molar-refractivity contribution is 5.29. The normalized spacial score (nSPS) is 32.8. The molecule has 0 amide bonds. The Morgan fingerprint density at radius 1 is 1.17 bits per heavy atom. The zero-order valence-electron chi connectivity index (χ0n) is 8.42. The van der Waals surface area contributed by atoms with Crippen LogP contribution >= 0.6 is 0 Å². The van der Waals surface area contributed by atoms with Crippen molar-refractivity contribution in [3.8, 4) is 0 Å². The molecule has 1 fully saturated rings. The SMILES string of the molecule is CC(C)C1=C(C(C)C)C2CC2O1. The molecule has 1 aliphatic carbocycles. The molecule has 0 aromatic rings. The number of hydrogen-bond acceptors (Lipinski definition) is 1. The number of hydrogen-bond donors (Lipinski definition) is 0. The molecular weight excluding hydrogens is 148 g/mol. The second-order valence-corrected chi connectivity index (χ2v) is 4.63. The van der Waals surface area contributed by atoms with Crippen molar-refractivity contribution in [1.29, 1.82) is 0 Å². The third kappa shape index (κ3) is 1.07. The van der Waals surface area contributed by atoms with Crippen molar-refractivity contribution in [2.45, 2.75) is 40.2 Å². The van der Waals surface area contributed by atoms with Gasteiger partial charge in [-0.1, -0.05) is 27.7 Å². The van der Waals surface area contributed by atoms with Crippen LogP contribution in [0.15, 0.2) is 11.3 Å². The lowest BCUT2D eigenvalue weighted by atomic mass is 9.94. The van der Waals surface area contributed by atoms with Crippen molar-refractivity contribution in [2.75, 3.05) is 0 Å². The van der Waals surface area contributed by atoms with Gasteiger partial charge in [0.15, 0.2) is 0 Å². The maximum absolute atomic E-state index is 5.85. The summed E-state index contributed by atoms with van der Waals surface area (Å²) in [5.74, 6) is 3.35. The molecule has 1 saturated carbocycles. The van der Waals surface area contributed by atoms with Crippen LogP contribution in [-0.4, -0.2) is 6.10 Å². The molecule has 0 aromatic carbocycles. The first-order valence-corrected chi connectivity index (χ1v) is 5.02. The molecule has 0 N–H and O–H groups in total. The second kappa shape index (κ2) is 2.51. The minimum atomic E-state index is 0.569. The Hall–Kier alpha value is -0.460. The summed E-state index contributed by atoms with van der Waals surface area (Å²) in [6, 6.07) is 0. The van der Waals surface area contributed by atoms with Gasteiger partial charge >= 0.3 is 0 Å². The average molecular weight is 166 g/mol. The maximum Gasteiger partial charge on any atom is 0.106 e. The van der Waals surface area contributed by atoms with Crippen LogP contribution in [0.5, 0.6) is 0 Å². The van der Waals surface area contributed by atoms with Crippen LogP contribution in [0.1, 0.15) is 34.1 Å². The van der Waals surface area contributed by atoms with Crippen molar-refractivity contribution in [1.82, 2.24) is 0 Å². The van der Waals surface area contributed by atoms with E-state index < -0.39 is 0 Å². The van der Waals surface area contributed by atoms with Gasteiger partial charge in [0.2, 0.25) is 0 Å². The van der Waals surface area contributed by atoms with Gasteiger partial charge in [0.05, 0.1) is 5.76 Å². The van der Waals surface area contributed by atoms with E-state index in [1.807, 2.05) is 0 Å². The van der Waals surface area contributed by atoms with E-state index in [2.05, 4.69) is 27.7 Å². The van der Waals surface area contributed by atoms with Gasteiger partial charge in [-0.05, 0) is 17.9 Å². The smallest absolute Gasteiger partial charge is 0.106 e. The highest BCUT2D eigenvalue weighted by atomic mass is 16.5. The molecule has 12 heavy (non-hydrogen) atoms. The molecule has 2 unspecified atom stereocenters. The van der Waals surface area contributed by atoms with Crippen molar-refractivity contribution in [3.63, 3.8) is 0 Å². The zero-order valence-corrected chi connectivity index (χ0v) is 8.42. The molecule has 0 aromatic heterocycles. The van der Waals surface area contributed by atoms with Crippen molar-refractivity contribution >= 4 is 0 Å². The van der Waals surface area contributed by atoms with E-state index in [0.29, 0.717) is 17.9 Å². The third-order valence-corrected chi connectivity index (χ3v) is 2.84. The fourth-order valence-corrected chi connectivity index (χ4v) is 2.23. The topological polar surface area (TPSA) is 9.23 Å². The fourth-order valence-electron chi connectivity index (χ4n) is 2.23. The minimum Gasteiger partial charge on any atom is -0.494 e. The largest absolute Gasteiger partial charge is 0.494 e. The van der Waals surface area contributed by atoms with Gasteiger partial charge in [-0.15, -0.1) is 0 Å². The predicted octanol–water partition coefficient (Wildman–Crippen LogP) is 2.97. The molecule has 2 rings (SSSR count). The molecule has 68 valence electrons. The molecule has 0 saturated heterocycles. The maximum atomic E-state index is 5.85. The highest BCUT2D eigenvalue weighted by Crippen LogP contribution is 2.52. The van der Waals surface area contributed by atoms with Crippen LogP contribution in [0.25, 0.3) is 0 Å². The summed E-state index contributed by atoms with van der Waals surface area (Å²) >= 11 is 0. The number of rotatable bonds is 2. The molecular formula is C11H18O. The first-order chi connectivity index (χ1) is 5.61. The Bertz CT molecular complexity index is 225. The number of ether oxygens (including phenoxy) is 1. The molecule has 2 atom stereocenters. The first-order valence-electron chi connectivity index (χ1n) is 5.02. The Labute approximate surface area is 74.8 Å². The summed E-state index contributed by atoms with van der Waals surface area (Å²) in [5.41, 5.74) is 1.61. The monoisotopic (exact) mass is 166 g/mol. The van der Waals surface area contributed by atoms with Crippen LogP contribution in [-0.2, 0) is 4.74 Å². The first kappa shape index (κ1) is 8.15. The van der Waals surface area contributed by atoms with Gasteiger partial charge < -0.3 is 4.74 Å². The van der Waals surface area contributed by atoms with Crippen LogP contribution in [0, 0.1) is 17.8 Å². The lowest BCUT2D eigenvalue weighted by Gasteiger charge is -2.15. The van der Waals surface area contributed by atoms with Gasteiger partial charge in [-0.2, -0.15) is 0 Å². The van der Waals surface area contributed by atoms with E-state index in [4.69, 9.17) is 4.74 Å². The van der Waals surface area contributed by atoms with Crippen LogP contribution in [0.3, 0.4) is 0 Å². The minimum absolute atomic E-state index is 0.569. The highest BCUT2D eigenvalue weighted by Gasteiger charge is 2.50. The molecule has 0 spiro atoms. The molecule has 1 heterocycles. The Morgan fingerprint density at radius 2 is 1.83 bits per heavy atom. The summed E-state index contributed by atoms with van der Waals surface area (Å²) in [7, 11) is 0. The third-order valence-electron chi connectivity index (χ3n) is 2.84. The molecule has 2 aliphatic rings. The van der Waals surface area contributed by atoms with Gasteiger partial charge in [-0.25, -0.2) is 0 Å². The van der Waals surface area contributed by atoms with Crippen LogP contribution in [0.2, 0.25) is 0 Å². The van der Waals surface area contributed by atoms with Gasteiger partial charge in [0, 0.05) is 11.8 Å². The van der Waals surface area contributed by atoms with E-state index in [1.165, 1.54) is 12.2 Å². The standard InChI is InChI=1S/C11H18O/c1-6(2)10-8-5-9(8)12-11(10)7(3)4/h6-9H,5H2,1-4H3. The van der Waals surface area contributed by atoms with Crippen LogP contribution in [0.4, 0.5) is 0 Å². The van der Waals surface area contributed by atoms with Crippen molar-refractivity contribution < 1.29 is 4.74 Å². The average Bonchev–Trinajstić information content (AvgIpc) is 2.60. The molecule has 0 bridgehead atoms. The molecule has 1 nitrogen and oxygen atoms in total. The Kier molecular flexibility index (Phi) is 1.71. The van der Waals surface area contributed by atoms with E-state index in [-0.39, 0.29) is 0 Å². The Morgan fingerprint density at radius 3 is 2.25 bits per heavy atom. The molecule has 1 heteroatoms. The predicted molar refractivity (Wildman–Crippen MR) is 49.7 cm³/mol. The number of fused-ring (bicyclic) bond motifs is 1. The summed E-state index contributed by atoms with van der Waals surface area (Å²) in [6.45, 7) is 9.01. The van der Waals surface area contributed by atoms with Crippen molar-refractivity contribution in [2.24, 2.45) is 17.8 Å². The lowest BCUT2D eigenvalue weighted by Crippen LogP contribution is -2.04. The summed E-state index contributed by atoms with van der Waals surface area (Å²) in [5, 5.41) is 0. The van der Waals surface area contributed by atoms with E-state index in [0.717, 1.165) is 5.92 Å². The van der Waals surface area contributed by atoms with Crippen LogP contribution < -0.4 is 0 Å². The van der Waals surface area contributed by atoms with Gasteiger partial charge in [0.25, 0.3) is 0 Å². The Balaban J connectivity index is 2.25. The van der Waals surface area contributed by atoms with E-state index in [1.54, 1.807) is 5.57 Å². The van der Waals surface area contributed by atoms with E-state index in [9.17, 15) is 0 Å². The van der Waals surface area contributed by atoms with E-state index >= 15 is 0 Å². The van der Waals surface area contributed by atoms with Crippen molar-refractivity contribution in [3.05, 3.63) is 11.3 Å². The zero-order chi connectivity index (χ0) is 8.88. The number of allylic oxidation sites excluding steroid dienone is 1. The summed E-state index contributed by atoms with van der Waals surface area (Å²) in [4.78, 5) is 0.